The number of hydrogen-bond acceptors (Lipinski definition) is 2. The van der Waals surface area contributed by atoms with Gasteiger partial charge in [0.15, 0.2) is 0 Å². The number of hydrogen-bond donors (Lipinski definition) is 3. The molecule has 4 rings (SSSR count). The standard InChI is InChI=1S/C16H17N3O2.H2O/c20-14-16(19-15(21)18-14)8-4-3-6-12(16)11-9-17-13-7-2-1-5-10(11)13;/h1-2,5,7,9,12,17H,3-4,6,8H2,(H2,18,19,20,21);1H2/t12-,16-;/m0./s1. The Labute approximate surface area is 127 Å². The van der Waals surface area contributed by atoms with E-state index < -0.39 is 5.54 Å². The Kier molecular flexibility index (Phi) is 3.41. The summed E-state index contributed by atoms with van der Waals surface area (Å²) in [6.07, 6.45) is 5.64. The van der Waals surface area contributed by atoms with Gasteiger partial charge in [-0.05, 0) is 24.5 Å². The summed E-state index contributed by atoms with van der Waals surface area (Å²) >= 11 is 0. The zero-order valence-corrected chi connectivity index (χ0v) is 12.1. The van der Waals surface area contributed by atoms with Crippen LogP contribution in [-0.2, 0) is 4.79 Å². The largest absolute Gasteiger partial charge is 0.412 e. The minimum Gasteiger partial charge on any atom is -0.412 e. The number of aromatic nitrogens is 1. The average molecular weight is 301 g/mol. The first-order chi connectivity index (χ1) is 10.2. The second-order valence-corrected chi connectivity index (χ2v) is 5.97. The van der Waals surface area contributed by atoms with Crippen molar-refractivity contribution in [3.63, 3.8) is 0 Å². The first-order valence-electron chi connectivity index (χ1n) is 7.40. The second-order valence-electron chi connectivity index (χ2n) is 5.97. The Morgan fingerprint density at radius 2 is 1.95 bits per heavy atom. The van der Waals surface area contributed by atoms with E-state index in [0.29, 0.717) is 6.42 Å². The lowest BCUT2D eigenvalue weighted by Crippen LogP contribution is -2.53. The van der Waals surface area contributed by atoms with Crippen LogP contribution in [0.3, 0.4) is 0 Å². The van der Waals surface area contributed by atoms with E-state index >= 15 is 0 Å². The highest BCUT2D eigenvalue weighted by atomic mass is 16.2. The van der Waals surface area contributed by atoms with Crippen molar-refractivity contribution in [2.45, 2.75) is 37.1 Å². The van der Waals surface area contributed by atoms with Gasteiger partial charge in [-0.25, -0.2) is 4.79 Å². The molecule has 0 radical (unpaired) electrons. The Balaban J connectivity index is 0.00000144. The zero-order chi connectivity index (χ0) is 14.4. The molecule has 116 valence electrons. The van der Waals surface area contributed by atoms with Gasteiger partial charge in [-0.3, -0.25) is 10.1 Å². The fourth-order valence-corrected chi connectivity index (χ4v) is 3.90. The van der Waals surface area contributed by atoms with Gasteiger partial charge in [0, 0.05) is 23.0 Å². The van der Waals surface area contributed by atoms with Crippen LogP contribution in [0, 0.1) is 0 Å². The lowest BCUT2D eigenvalue weighted by Gasteiger charge is -2.38. The number of fused-ring (bicyclic) bond motifs is 1. The van der Waals surface area contributed by atoms with Gasteiger partial charge in [-0.1, -0.05) is 31.0 Å². The number of amides is 3. The van der Waals surface area contributed by atoms with E-state index in [1.165, 1.54) is 0 Å². The predicted molar refractivity (Wildman–Crippen MR) is 82.5 cm³/mol. The summed E-state index contributed by atoms with van der Waals surface area (Å²) in [6.45, 7) is 0. The van der Waals surface area contributed by atoms with Crippen LogP contribution in [0.15, 0.2) is 30.5 Å². The SMILES string of the molecule is O.O=C1NC(=O)[C@@]2(CCCC[C@H]2c2c[nH]c3ccccc23)N1. The molecule has 2 heterocycles. The van der Waals surface area contributed by atoms with Crippen LogP contribution in [0.25, 0.3) is 10.9 Å². The lowest BCUT2D eigenvalue weighted by molar-refractivity contribution is -0.125. The second kappa shape index (κ2) is 5.14. The number of carbonyl (C=O) groups excluding carboxylic acids is 2. The molecule has 0 unspecified atom stereocenters. The van der Waals surface area contributed by atoms with Crippen molar-refractivity contribution >= 4 is 22.8 Å². The van der Waals surface area contributed by atoms with E-state index in [-0.39, 0.29) is 23.3 Å². The summed E-state index contributed by atoms with van der Waals surface area (Å²) < 4.78 is 0. The predicted octanol–water partition coefficient (Wildman–Crippen LogP) is 1.58. The number of carbonyl (C=O) groups is 2. The van der Waals surface area contributed by atoms with Crippen LogP contribution < -0.4 is 10.6 Å². The van der Waals surface area contributed by atoms with Crippen molar-refractivity contribution in [2.75, 3.05) is 0 Å². The Bertz CT molecular complexity index is 739. The number of urea groups is 1. The van der Waals surface area contributed by atoms with Crippen LogP contribution in [-0.4, -0.2) is 27.9 Å². The molecule has 1 saturated heterocycles. The molecule has 5 N–H and O–H groups in total. The molecule has 1 aliphatic carbocycles. The average Bonchev–Trinajstić information content (AvgIpc) is 3.02. The normalized spacial score (nSPS) is 27.5. The molecule has 2 aromatic rings. The minimum atomic E-state index is -0.777. The summed E-state index contributed by atoms with van der Waals surface area (Å²) in [6, 6.07) is 7.72. The van der Waals surface area contributed by atoms with E-state index in [4.69, 9.17) is 0 Å². The Morgan fingerprint density at radius 1 is 1.14 bits per heavy atom. The van der Waals surface area contributed by atoms with Crippen LogP contribution >= 0.6 is 0 Å². The molecule has 22 heavy (non-hydrogen) atoms. The molecule has 2 aliphatic rings. The Morgan fingerprint density at radius 3 is 2.73 bits per heavy atom. The molecule has 6 nitrogen and oxygen atoms in total. The number of rotatable bonds is 1. The first-order valence-corrected chi connectivity index (χ1v) is 7.40. The molecule has 6 heteroatoms. The number of H-pyrrole nitrogens is 1. The van der Waals surface area contributed by atoms with Crippen LogP contribution in [0.5, 0.6) is 0 Å². The van der Waals surface area contributed by atoms with E-state index in [9.17, 15) is 9.59 Å². The van der Waals surface area contributed by atoms with E-state index in [1.54, 1.807) is 0 Å². The number of benzene rings is 1. The van der Waals surface area contributed by atoms with Gasteiger partial charge in [-0.2, -0.15) is 0 Å². The van der Waals surface area contributed by atoms with Crippen LogP contribution in [0.4, 0.5) is 4.79 Å². The maximum Gasteiger partial charge on any atom is 0.322 e. The highest BCUT2D eigenvalue weighted by Gasteiger charge is 2.53. The fraction of sp³-hybridized carbons (Fsp3) is 0.375. The highest BCUT2D eigenvalue weighted by Crippen LogP contribution is 2.44. The van der Waals surface area contributed by atoms with Gasteiger partial charge in [-0.15, -0.1) is 0 Å². The van der Waals surface area contributed by atoms with E-state index in [0.717, 1.165) is 35.7 Å². The summed E-state index contributed by atoms with van der Waals surface area (Å²) in [7, 11) is 0. The van der Waals surface area contributed by atoms with Gasteiger partial charge in [0.05, 0.1) is 0 Å². The smallest absolute Gasteiger partial charge is 0.322 e. The van der Waals surface area contributed by atoms with Gasteiger partial charge in [0.2, 0.25) is 0 Å². The summed E-state index contributed by atoms with van der Waals surface area (Å²) in [5, 5.41) is 6.46. The maximum absolute atomic E-state index is 12.4. The van der Waals surface area contributed by atoms with Gasteiger partial charge < -0.3 is 15.8 Å². The van der Waals surface area contributed by atoms with Crippen molar-refractivity contribution in [2.24, 2.45) is 0 Å². The van der Waals surface area contributed by atoms with Crippen molar-refractivity contribution < 1.29 is 15.1 Å². The number of aromatic amines is 1. The molecule has 3 amide bonds. The molecule has 1 aromatic carbocycles. The molecule has 2 fully saturated rings. The van der Waals surface area contributed by atoms with E-state index in [1.807, 2.05) is 24.4 Å². The minimum absolute atomic E-state index is 0. The molecule has 1 aromatic heterocycles. The molecule has 1 aliphatic heterocycles. The highest BCUT2D eigenvalue weighted by molar-refractivity contribution is 6.08. The van der Waals surface area contributed by atoms with E-state index in [2.05, 4.69) is 21.7 Å². The maximum atomic E-state index is 12.4. The topological polar surface area (TPSA) is 105 Å². The van der Waals surface area contributed by atoms with Crippen molar-refractivity contribution in [3.8, 4) is 0 Å². The fourth-order valence-electron chi connectivity index (χ4n) is 3.90. The Hall–Kier alpha value is -2.34. The molecular formula is C16H19N3O3. The zero-order valence-electron chi connectivity index (χ0n) is 12.1. The molecular weight excluding hydrogens is 282 g/mol. The first kappa shape index (κ1) is 14.6. The van der Waals surface area contributed by atoms with Crippen molar-refractivity contribution in [1.82, 2.24) is 15.6 Å². The third kappa shape index (κ3) is 1.91. The number of imide groups is 1. The summed E-state index contributed by atoms with van der Waals surface area (Å²) in [5.74, 6) is -0.156. The van der Waals surface area contributed by atoms with Gasteiger partial charge in [0.25, 0.3) is 5.91 Å². The lowest BCUT2D eigenvalue weighted by atomic mass is 9.69. The van der Waals surface area contributed by atoms with Gasteiger partial charge >= 0.3 is 6.03 Å². The third-order valence-corrected chi connectivity index (χ3v) is 4.87. The van der Waals surface area contributed by atoms with Crippen molar-refractivity contribution in [1.29, 1.82) is 0 Å². The molecule has 1 saturated carbocycles. The third-order valence-electron chi connectivity index (χ3n) is 4.87. The summed E-state index contributed by atoms with van der Waals surface area (Å²) in [5.41, 5.74) is 1.42. The van der Waals surface area contributed by atoms with Crippen LogP contribution in [0.2, 0.25) is 0 Å². The van der Waals surface area contributed by atoms with Crippen LogP contribution in [0.1, 0.15) is 37.2 Å². The van der Waals surface area contributed by atoms with Gasteiger partial charge in [0.1, 0.15) is 5.54 Å². The molecule has 0 bridgehead atoms. The summed E-state index contributed by atoms with van der Waals surface area (Å²) in [4.78, 5) is 27.3. The molecule has 1 spiro atoms. The quantitative estimate of drug-likeness (QED) is 0.696. The monoisotopic (exact) mass is 301 g/mol. The molecule has 2 atom stereocenters. The van der Waals surface area contributed by atoms with Crippen molar-refractivity contribution in [3.05, 3.63) is 36.0 Å². The number of nitrogens with one attached hydrogen (secondary N) is 3. The number of para-hydroxylation sites is 1.